The molecule has 0 aliphatic rings. The Morgan fingerprint density at radius 1 is 0.931 bits per heavy atom. The SMILES string of the molecule is N#Cc1ccc(OCC(=O)NNC(=O)CCc2ccc(-c3ccccc3)o2)cc1. The van der Waals surface area contributed by atoms with Gasteiger partial charge in [-0.05, 0) is 36.4 Å². The normalized spacial score (nSPS) is 10.0. The van der Waals surface area contributed by atoms with Crippen LogP contribution in [0.15, 0.2) is 71.1 Å². The molecular formula is C22H19N3O4. The van der Waals surface area contributed by atoms with Crippen molar-refractivity contribution < 1.29 is 18.7 Å². The van der Waals surface area contributed by atoms with Crippen LogP contribution < -0.4 is 15.6 Å². The monoisotopic (exact) mass is 389 g/mol. The average molecular weight is 389 g/mol. The molecule has 0 atom stereocenters. The van der Waals surface area contributed by atoms with Crippen molar-refractivity contribution in [1.82, 2.24) is 10.9 Å². The first-order chi connectivity index (χ1) is 14.1. The Morgan fingerprint density at radius 2 is 1.66 bits per heavy atom. The number of amides is 2. The largest absolute Gasteiger partial charge is 0.484 e. The molecule has 0 spiro atoms. The lowest BCUT2D eigenvalue weighted by Crippen LogP contribution is -2.43. The summed E-state index contributed by atoms with van der Waals surface area (Å²) < 4.78 is 11.0. The summed E-state index contributed by atoms with van der Waals surface area (Å²) in [6, 6.07) is 21.8. The van der Waals surface area contributed by atoms with Gasteiger partial charge in [0, 0.05) is 18.4 Å². The number of nitrogens with one attached hydrogen (secondary N) is 2. The second-order valence-corrected chi connectivity index (χ2v) is 6.15. The highest BCUT2D eigenvalue weighted by atomic mass is 16.5. The minimum atomic E-state index is -0.493. The molecule has 2 aromatic carbocycles. The molecule has 3 rings (SSSR count). The zero-order valence-corrected chi connectivity index (χ0v) is 15.6. The van der Waals surface area contributed by atoms with Crippen molar-refractivity contribution >= 4 is 11.8 Å². The Hall–Kier alpha value is -4.05. The topological polar surface area (TPSA) is 104 Å². The molecule has 146 valence electrons. The van der Waals surface area contributed by atoms with Crippen LogP contribution in [0.2, 0.25) is 0 Å². The number of hydrazine groups is 1. The van der Waals surface area contributed by atoms with Crippen LogP contribution in [0.5, 0.6) is 5.75 Å². The van der Waals surface area contributed by atoms with Gasteiger partial charge in [0.15, 0.2) is 6.61 Å². The fourth-order valence-electron chi connectivity index (χ4n) is 2.52. The Bertz CT molecular complexity index is 1000. The minimum Gasteiger partial charge on any atom is -0.484 e. The Balaban J connectivity index is 1.37. The quantitative estimate of drug-likeness (QED) is 0.605. The van der Waals surface area contributed by atoms with Crippen LogP contribution in [0.4, 0.5) is 0 Å². The van der Waals surface area contributed by atoms with Gasteiger partial charge < -0.3 is 9.15 Å². The van der Waals surface area contributed by atoms with Gasteiger partial charge in [0.25, 0.3) is 5.91 Å². The fourth-order valence-corrected chi connectivity index (χ4v) is 2.52. The number of hydrogen-bond donors (Lipinski definition) is 2. The molecule has 1 aromatic heterocycles. The second kappa shape index (κ2) is 9.76. The highest BCUT2D eigenvalue weighted by molar-refractivity contribution is 5.82. The molecule has 2 N–H and O–H groups in total. The van der Waals surface area contributed by atoms with Gasteiger partial charge in [-0.2, -0.15) is 5.26 Å². The molecule has 7 nitrogen and oxygen atoms in total. The molecule has 0 saturated heterocycles. The molecule has 0 bridgehead atoms. The smallest absolute Gasteiger partial charge is 0.276 e. The van der Waals surface area contributed by atoms with E-state index in [1.165, 1.54) is 0 Å². The van der Waals surface area contributed by atoms with Gasteiger partial charge in [-0.15, -0.1) is 0 Å². The molecule has 0 radical (unpaired) electrons. The van der Waals surface area contributed by atoms with Gasteiger partial charge in [0.05, 0.1) is 11.6 Å². The van der Waals surface area contributed by atoms with E-state index in [2.05, 4.69) is 10.9 Å². The van der Waals surface area contributed by atoms with Gasteiger partial charge in [-0.25, -0.2) is 0 Å². The zero-order chi connectivity index (χ0) is 20.5. The predicted molar refractivity (Wildman–Crippen MR) is 105 cm³/mol. The molecule has 0 unspecified atom stereocenters. The Morgan fingerprint density at radius 3 is 2.38 bits per heavy atom. The third-order valence-electron chi connectivity index (χ3n) is 4.01. The maximum atomic E-state index is 11.9. The van der Waals surface area contributed by atoms with Gasteiger partial charge in [0.2, 0.25) is 5.91 Å². The van der Waals surface area contributed by atoms with Gasteiger partial charge >= 0.3 is 0 Å². The third-order valence-corrected chi connectivity index (χ3v) is 4.01. The van der Waals surface area contributed by atoms with Crippen molar-refractivity contribution in [3.8, 4) is 23.1 Å². The molecule has 29 heavy (non-hydrogen) atoms. The van der Waals surface area contributed by atoms with Crippen molar-refractivity contribution in [2.45, 2.75) is 12.8 Å². The molecule has 0 saturated carbocycles. The number of hydrogen-bond acceptors (Lipinski definition) is 5. The van der Waals surface area contributed by atoms with E-state index in [1.807, 2.05) is 48.5 Å². The first-order valence-electron chi connectivity index (χ1n) is 8.99. The van der Waals surface area contributed by atoms with Crippen LogP contribution in [0, 0.1) is 11.3 Å². The van der Waals surface area contributed by atoms with Crippen molar-refractivity contribution in [1.29, 1.82) is 5.26 Å². The fraction of sp³-hybridized carbons (Fsp3) is 0.136. The van der Waals surface area contributed by atoms with E-state index in [-0.39, 0.29) is 18.9 Å². The second-order valence-electron chi connectivity index (χ2n) is 6.15. The summed E-state index contributed by atoms with van der Waals surface area (Å²) >= 11 is 0. The van der Waals surface area contributed by atoms with E-state index in [0.717, 1.165) is 11.3 Å². The number of nitriles is 1. The van der Waals surface area contributed by atoms with Crippen molar-refractivity contribution in [3.05, 3.63) is 78.1 Å². The van der Waals surface area contributed by atoms with Crippen molar-refractivity contribution in [2.75, 3.05) is 6.61 Å². The van der Waals surface area contributed by atoms with Crippen molar-refractivity contribution in [3.63, 3.8) is 0 Å². The first-order valence-corrected chi connectivity index (χ1v) is 8.99. The van der Waals surface area contributed by atoms with Crippen LogP contribution in [-0.2, 0) is 16.0 Å². The summed E-state index contributed by atoms with van der Waals surface area (Å²) in [6.45, 7) is -0.259. The number of furan rings is 1. The lowest BCUT2D eigenvalue weighted by Gasteiger charge is -2.08. The van der Waals surface area contributed by atoms with Crippen molar-refractivity contribution in [2.24, 2.45) is 0 Å². The molecular weight excluding hydrogens is 370 g/mol. The van der Waals surface area contributed by atoms with E-state index in [1.54, 1.807) is 24.3 Å². The predicted octanol–water partition coefficient (Wildman–Crippen LogP) is 2.98. The number of rotatable bonds is 7. The molecule has 0 aliphatic carbocycles. The average Bonchev–Trinajstić information content (AvgIpc) is 3.25. The summed E-state index contributed by atoms with van der Waals surface area (Å²) in [5.41, 5.74) is 6.11. The number of carbonyl (C=O) groups excluding carboxylic acids is 2. The summed E-state index contributed by atoms with van der Waals surface area (Å²) in [4.78, 5) is 23.7. The number of ether oxygens (including phenoxy) is 1. The molecule has 0 fully saturated rings. The highest BCUT2D eigenvalue weighted by Crippen LogP contribution is 2.22. The first kappa shape index (κ1) is 19.7. The number of nitrogens with zero attached hydrogens (tertiary/aromatic N) is 1. The Labute approximate surface area is 167 Å². The molecule has 3 aromatic rings. The minimum absolute atomic E-state index is 0.165. The van der Waals surface area contributed by atoms with E-state index >= 15 is 0 Å². The summed E-state index contributed by atoms with van der Waals surface area (Å²) in [7, 11) is 0. The van der Waals surface area contributed by atoms with Crippen LogP contribution in [-0.4, -0.2) is 18.4 Å². The van der Waals surface area contributed by atoms with E-state index in [9.17, 15) is 9.59 Å². The van der Waals surface area contributed by atoms with E-state index < -0.39 is 5.91 Å². The summed E-state index contributed by atoms with van der Waals surface area (Å²) in [5.74, 6) is 1.06. The molecule has 2 amide bonds. The molecule has 0 aliphatic heterocycles. The maximum Gasteiger partial charge on any atom is 0.276 e. The molecule has 1 heterocycles. The summed E-state index contributed by atoms with van der Waals surface area (Å²) in [5, 5.41) is 8.74. The van der Waals surface area contributed by atoms with Gasteiger partial charge in [0.1, 0.15) is 17.3 Å². The maximum absolute atomic E-state index is 11.9. The highest BCUT2D eigenvalue weighted by Gasteiger charge is 2.09. The van der Waals surface area contributed by atoms with E-state index in [4.69, 9.17) is 14.4 Å². The lowest BCUT2D eigenvalue weighted by molar-refractivity contribution is -0.130. The van der Waals surface area contributed by atoms with Crippen LogP contribution in [0.3, 0.4) is 0 Å². The van der Waals surface area contributed by atoms with Crippen LogP contribution in [0.1, 0.15) is 17.7 Å². The Kier molecular flexibility index (Phi) is 6.63. The lowest BCUT2D eigenvalue weighted by atomic mass is 10.2. The van der Waals surface area contributed by atoms with Gasteiger partial charge in [-0.1, -0.05) is 30.3 Å². The van der Waals surface area contributed by atoms with Gasteiger partial charge in [-0.3, -0.25) is 20.4 Å². The zero-order valence-electron chi connectivity index (χ0n) is 15.6. The van der Waals surface area contributed by atoms with Crippen LogP contribution >= 0.6 is 0 Å². The number of aryl methyl sites for hydroxylation is 1. The number of carbonyl (C=O) groups is 2. The third kappa shape index (κ3) is 5.97. The summed E-state index contributed by atoms with van der Waals surface area (Å²) in [6.07, 6.45) is 0.578. The van der Waals surface area contributed by atoms with Crippen LogP contribution in [0.25, 0.3) is 11.3 Å². The number of benzene rings is 2. The van der Waals surface area contributed by atoms with E-state index in [0.29, 0.717) is 23.5 Å². The molecule has 7 heteroatoms. The standard InChI is InChI=1S/C22H19N3O4/c23-14-16-6-8-18(9-7-16)28-15-22(27)25-24-21(26)13-11-19-10-12-20(29-19)17-4-2-1-3-5-17/h1-10,12H,11,13,15H2,(H,24,26)(H,25,27).